The summed E-state index contributed by atoms with van der Waals surface area (Å²) in [6, 6.07) is 10.0. The van der Waals surface area contributed by atoms with Crippen molar-refractivity contribution >= 4 is 20.9 Å². The zero-order valence-corrected chi connectivity index (χ0v) is 14.4. The van der Waals surface area contributed by atoms with Crippen LogP contribution in [-0.4, -0.2) is 36.4 Å². The molecule has 2 aromatic heterocycles. The van der Waals surface area contributed by atoms with Crippen molar-refractivity contribution in [3.05, 3.63) is 58.3 Å². The maximum absolute atomic E-state index is 12.6. The molecule has 8 heteroatoms. The van der Waals surface area contributed by atoms with Crippen LogP contribution in [-0.2, 0) is 16.6 Å². The van der Waals surface area contributed by atoms with Crippen molar-refractivity contribution in [3.8, 4) is 0 Å². The second-order valence-electron chi connectivity index (χ2n) is 5.58. The lowest BCUT2D eigenvalue weighted by molar-refractivity contribution is 0.390. The standard InChI is InChI=1S/C16H17N3O4S/c1-11-17-14-7-5-4-6-13(14)16(20)19(11)10-12-8-9-15(23-12)24(21,22)18(2)3/h4-9H,10H2,1-3H3. The minimum Gasteiger partial charge on any atom is -0.446 e. The Morgan fingerprint density at radius 2 is 1.88 bits per heavy atom. The molecular formula is C16H17N3O4S. The monoisotopic (exact) mass is 347 g/mol. The van der Waals surface area contributed by atoms with Crippen LogP contribution in [0, 0.1) is 6.92 Å². The molecule has 0 radical (unpaired) electrons. The maximum atomic E-state index is 12.6. The lowest BCUT2D eigenvalue weighted by atomic mass is 10.2. The normalized spacial score (nSPS) is 12.2. The molecule has 0 atom stereocenters. The number of hydrogen-bond donors (Lipinski definition) is 0. The number of sulfonamides is 1. The Kier molecular flexibility index (Phi) is 4.02. The van der Waals surface area contributed by atoms with E-state index in [9.17, 15) is 13.2 Å². The first-order valence-corrected chi connectivity index (χ1v) is 8.72. The number of para-hydroxylation sites is 1. The molecule has 2 heterocycles. The number of nitrogens with zero attached hydrogens (tertiary/aromatic N) is 3. The quantitative estimate of drug-likeness (QED) is 0.715. The van der Waals surface area contributed by atoms with Crippen molar-refractivity contribution in [2.45, 2.75) is 18.6 Å². The smallest absolute Gasteiger partial charge is 0.275 e. The van der Waals surface area contributed by atoms with E-state index >= 15 is 0 Å². The van der Waals surface area contributed by atoms with Gasteiger partial charge in [-0.05, 0) is 31.2 Å². The molecule has 3 aromatic rings. The molecule has 7 nitrogen and oxygen atoms in total. The molecule has 24 heavy (non-hydrogen) atoms. The summed E-state index contributed by atoms with van der Waals surface area (Å²) in [6.07, 6.45) is 0. The van der Waals surface area contributed by atoms with Crippen molar-refractivity contribution in [1.82, 2.24) is 13.9 Å². The Balaban J connectivity index is 2.03. The number of hydrogen-bond acceptors (Lipinski definition) is 5. The molecule has 126 valence electrons. The molecule has 0 bridgehead atoms. The Labute approximate surface area is 139 Å². The topological polar surface area (TPSA) is 85.4 Å². The fraction of sp³-hybridized carbons (Fsp3) is 0.250. The minimum absolute atomic E-state index is 0.117. The highest BCUT2D eigenvalue weighted by molar-refractivity contribution is 7.88. The molecule has 0 unspecified atom stereocenters. The summed E-state index contributed by atoms with van der Waals surface area (Å²) in [6.45, 7) is 1.85. The van der Waals surface area contributed by atoms with E-state index in [-0.39, 0.29) is 17.2 Å². The molecule has 1 aromatic carbocycles. The van der Waals surface area contributed by atoms with Crippen molar-refractivity contribution in [2.24, 2.45) is 0 Å². The molecule has 0 aliphatic rings. The van der Waals surface area contributed by atoms with E-state index in [0.29, 0.717) is 22.5 Å². The van der Waals surface area contributed by atoms with Crippen molar-refractivity contribution in [1.29, 1.82) is 0 Å². The van der Waals surface area contributed by atoms with E-state index < -0.39 is 10.0 Å². The van der Waals surface area contributed by atoms with Crippen LogP contribution in [0.3, 0.4) is 0 Å². The Hall–Kier alpha value is -2.45. The minimum atomic E-state index is -3.64. The number of rotatable bonds is 4. The van der Waals surface area contributed by atoms with Crippen molar-refractivity contribution in [3.63, 3.8) is 0 Å². The van der Waals surface area contributed by atoms with Gasteiger partial charge in [-0.15, -0.1) is 0 Å². The van der Waals surface area contributed by atoms with Gasteiger partial charge < -0.3 is 4.42 Å². The largest absolute Gasteiger partial charge is 0.446 e. The molecule has 0 fully saturated rings. The number of aryl methyl sites for hydroxylation is 1. The van der Waals surface area contributed by atoms with E-state index in [4.69, 9.17) is 4.42 Å². The van der Waals surface area contributed by atoms with E-state index in [2.05, 4.69) is 4.98 Å². The molecule has 3 rings (SSSR count). The second-order valence-corrected chi connectivity index (χ2v) is 7.66. The number of furan rings is 1. The lowest BCUT2D eigenvalue weighted by Gasteiger charge is -2.10. The summed E-state index contributed by atoms with van der Waals surface area (Å²) in [5, 5.41) is 0.359. The summed E-state index contributed by atoms with van der Waals surface area (Å²) >= 11 is 0. The fourth-order valence-corrected chi connectivity index (χ4v) is 3.20. The number of aromatic nitrogens is 2. The predicted octanol–water partition coefficient (Wildman–Crippen LogP) is 1.60. The van der Waals surface area contributed by atoms with Crippen LogP contribution in [0.2, 0.25) is 0 Å². The van der Waals surface area contributed by atoms with E-state index in [1.807, 2.05) is 6.07 Å². The summed E-state index contributed by atoms with van der Waals surface area (Å²) in [7, 11) is -0.780. The van der Waals surface area contributed by atoms with Gasteiger partial charge >= 0.3 is 0 Å². The molecule has 0 aliphatic carbocycles. The third-order valence-corrected chi connectivity index (χ3v) is 5.43. The van der Waals surface area contributed by atoms with Gasteiger partial charge in [0.2, 0.25) is 5.09 Å². The van der Waals surface area contributed by atoms with Crippen LogP contribution in [0.25, 0.3) is 10.9 Å². The van der Waals surface area contributed by atoms with E-state index in [0.717, 1.165) is 4.31 Å². The Morgan fingerprint density at radius 1 is 1.17 bits per heavy atom. The van der Waals surface area contributed by atoms with Gasteiger partial charge in [0.1, 0.15) is 11.6 Å². The molecule has 0 amide bonds. The van der Waals surface area contributed by atoms with Crippen molar-refractivity contribution in [2.75, 3.05) is 14.1 Å². The van der Waals surface area contributed by atoms with Crippen LogP contribution in [0.1, 0.15) is 11.6 Å². The molecule has 0 saturated heterocycles. The maximum Gasteiger partial charge on any atom is 0.275 e. The van der Waals surface area contributed by atoms with Crippen molar-refractivity contribution < 1.29 is 12.8 Å². The zero-order valence-electron chi connectivity index (χ0n) is 13.6. The van der Waals surface area contributed by atoms with Gasteiger partial charge in [0.05, 0.1) is 17.4 Å². The first kappa shape index (κ1) is 16.4. The van der Waals surface area contributed by atoms with Crippen LogP contribution in [0.4, 0.5) is 0 Å². The van der Waals surface area contributed by atoms with Gasteiger partial charge in [0.25, 0.3) is 15.6 Å². The van der Waals surface area contributed by atoms with Crippen LogP contribution in [0.15, 0.2) is 50.7 Å². The summed E-state index contributed by atoms with van der Waals surface area (Å²) in [5.41, 5.74) is 0.443. The lowest BCUT2D eigenvalue weighted by Crippen LogP contribution is -2.24. The van der Waals surface area contributed by atoms with Crippen LogP contribution < -0.4 is 5.56 Å². The van der Waals surface area contributed by atoms with Crippen LogP contribution in [0.5, 0.6) is 0 Å². The van der Waals surface area contributed by atoms with E-state index in [1.165, 1.54) is 24.7 Å². The summed E-state index contributed by atoms with van der Waals surface area (Å²) in [4.78, 5) is 17.0. The van der Waals surface area contributed by atoms with Gasteiger partial charge in [-0.25, -0.2) is 17.7 Å². The van der Waals surface area contributed by atoms with Crippen LogP contribution >= 0.6 is 0 Å². The van der Waals surface area contributed by atoms with E-state index in [1.54, 1.807) is 31.2 Å². The van der Waals surface area contributed by atoms with Gasteiger partial charge in [0.15, 0.2) is 0 Å². The molecule has 0 aliphatic heterocycles. The van der Waals surface area contributed by atoms with Gasteiger partial charge in [-0.3, -0.25) is 9.36 Å². The average molecular weight is 347 g/mol. The van der Waals surface area contributed by atoms with Gasteiger partial charge in [0, 0.05) is 14.1 Å². The fourth-order valence-electron chi connectivity index (χ4n) is 2.38. The summed E-state index contributed by atoms with van der Waals surface area (Å²) in [5.74, 6) is 0.907. The molecular weight excluding hydrogens is 330 g/mol. The highest BCUT2D eigenvalue weighted by Gasteiger charge is 2.22. The average Bonchev–Trinajstić information content (AvgIpc) is 3.00. The second kappa shape index (κ2) is 5.88. The third-order valence-electron chi connectivity index (χ3n) is 3.74. The predicted molar refractivity (Wildman–Crippen MR) is 89.4 cm³/mol. The van der Waals surface area contributed by atoms with Gasteiger partial charge in [-0.2, -0.15) is 0 Å². The third kappa shape index (κ3) is 2.74. The molecule has 0 saturated carbocycles. The highest BCUT2D eigenvalue weighted by Crippen LogP contribution is 2.18. The first-order valence-electron chi connectivity index (χ1n) is 7.28. The zero-order chi connectivity index (χ0) is 17.5. The Bertz CT molecular complexity index is 1060. The molecule has 0 N–H and O–H groups in total. The number of benzene rings is 1. The van der Waals surface area contributed by atoms with Gasteiger partial charge in [-0.1, -0.05) is 12.1 Å². The Morgan fingerprint density at radius 3 is 2.58 bits per heavy atom. The SMILES string of the molecule is Cc1nc2ccccc2c(=O)n1Cc1ccc(S(=O)(=O)N(C)C)o1. The number of fused-ring (bicyclic) bond motifs is 1. The molecule has 0 spiro atoms. The highest BCUT2D eigenvalue weighted by atomic mass is 32.2. The first-order chi connectivity index (χ1) is 11.3. The summed E-state index contributed by atoms with van der Waals surface area (Å²) < 4.78 is 32.1.